The Morgan fingerprint density at radius 1 is 1.03 bits per heavy atom. The van der Waals surface area contributed by atoms with Crippen molar-refractivity contribution in [3.63, 3.8) is 0 Å². The maximum absolute atomic E-state index is 13.0. The molecular weight excluding hydrogens is 432 g/mol. The van der Waals surface area contributed by atoms with E-state index in [1.165, 1.54) is 0 Å². The number of hydrogen-bond donors (Lipinski definition) is 3. The van der Waals surface area contributed by atoms with Crippen molar-refractivity contribution in [3.05, 3.63) is 59.7 Å². The van der Waals surface area contributed by atoms with Crippen molar-refractivity contribution in [1.29, 1.82) is 0 Å². The molecule has 0 spiro atoms. The first-order valence-corrected chi connectivity index (χ1v) is 12.1. The van der Waals surface area contributed by atoms with Gasteiger partial charge in [-0.1, -0.05) is 68.3 Å². The SMILES string of the molecule is CC(CCCNC(=O)C1(NC(=O)OCC2c3ccccc3-c3ccccc32)CCCC1)C(=O)O. The zero-order chi connectivity index (χ0) is 24.1. The average molecular weight is 465 g/mol. The number of hydrogen-bond acceptors (Lipinski definition) is 4. The fraction of sp³-hybridized carbons (Fsp3) is 0.444. The number of alkyl carbamates (subject to hydrolysis) is 1. The smallest absolute Gasteiger partial charge is 0.408 e. The molecule has 7 heteroatoms. The first-order valence-electron chi connectivity index (χ1n) is 12.1. The van der Waals surface area contributed by atoms with Crippen molar-refractivity contribution in [1.82, 2.24) is 10.6 Å². The van der Waals surface area contributed by atoms with Gasteiger partial charge in [0, 0.05) is 12.5 Å². The van der Waals surface area contributed by atoms with Gasteiger partial charge in [0.1, 0.15) is 12.1 Å². The summed E-state index contributed by atoms with van der Waals surface area (Å²) in [4.78, 5) is 36.7. The van der Waals surface area contributed by atoms with E-state index in [4.69, 9.17) is 9.84 Å². The van der Waals surface area contributed by atoms with E-state index in [1.54, 1.807) is 6.92 Å². The van der Waals surface area contributed by atoms with Crippen molar-refractivity contribution in [2.45, 2.75) is 56.9 Å². The lowest BCUT2D eigenvalue weighted by Crippen LogP contribution is -2.57. The Kier molecular flexibility index (Phi) is 7.20. The third-order valence-corrected chi connectivity index (χ3v) is 7.10. The molecule has 1 fully saturated rings. The molecule has 1 saturated carbocycles. The molecule has 1 unspecified atom stereocenters. The summed E-state index contributed by atoms with van der Waals surface area (Å²) in [5.41, 5.74) is 3.63. The van der Waals surface area contributed by atoms with Crippen LogP contribution in [0.2, 0.25) is 0 Å². The molecule has 0 saturated heterocycles. The average Bonchev–Trinajstić information content (AvgIpc) is 3.43. The molecule has 0 aromatic heterocycles. The number of carbonyl (C=O) groups is 3. The molecule has 3 N–H and O–H groups in total. The predicted molar refractivity (Wildman–Crippen MR) is 128 cm³/mol. The van der Waals surface area contributed by atoms with E-state index >= 15 is 0 Å². The van der Waals surface area contributed by atoms with Crippen LogP contribution < -0.4 is 10.6 Å². The Morgan fingerprint density at radius 3 is 2.21 bits per heavy atom. The number of benzene rings is 2. The quantitative estimate of drug-likeness (QED) is 0.476. The summed E-state index contributed by atoms with van der Waals surface area (Å²) in [6.07, 6.45) is 3.31. The topological polar surface area (TPSA) is 105 Å². The number of carboxylic acids is 1. The number of carboxylic acid groups (broad SMARTS) is 1. The summed E-state index contributed by atoms with van der Waals surface area (Å²) in [6, 6.07) is 16.3. The van der Waals surface area contributed by atoms with Gasteiger partial charge >= 0.3 is 12.1 Å². The number of nitrogens with one attached hydrogen (secondary N) is 2. The molecule has 7 nitrogen and oxygen atoms in total. The minimum Gasteiger partial charge on any atom is -0.481 e. The monoisotopic (exact) mass is 464 g/mol. The summed E-state index contributed by atoms with van der Waals surface area (Å²) in [5, 5.41) is 14.7. The van der Waals surface area contributed by atoms with Gasteiger partial charge in [-0.15, -0.1) is 0 Å². The van der Waals surface area contributed by atoms with Crippen LogP contribution in [0.5, 0.6) is 0 Å². The lowest BCUT2D eigenvalue weighted by atomic mass is 9.96. The van der Waals surface area contributed by atoms with E-state index in [1.807, 2.05) is 24.3 Å². The molecule has 1 atom stereocenters. The van der Waals surface area contributed by atoms with Crippen molar-refractivity contribution >= 4 is 18.0 Å². The highest BCUT2D eigenvalue weighted by Crippen LogP contribution is 2.44. The number of fused-ring (bicyclic) bond motifs is 3. The van der Waals surface area contributed by atoms with Crippen LogP contribution in [-0.4, -0.2) is 41.8 Å². The minimum atomic E-state index is -0.971. The molecule has 4 rings (SSSR count). The molecule has 34 heavy (non-hydrogen) atoms. The molecule has 180 valence electrons. The molecule has 2 aliphatic rings. The van der Waals surface area contributed by atoms with Crippen LogP contribution in [0, 0.1) is 5.92 Å². The predicted octanol–water partition coefficient (Wildman–Crippen LogP) is 4.46. The molecule has 0 bridgehead atoms. The van der Waals surface area contributed by atoms with Gasteiger partial charge in [-0.3, -0.25) is 9.59 Å². The summed E-state index contributed by atoms with van der Waals surface area (Å²) in [7, 11) is 0. The van der Waals surface area contributed by atoms with Crippen LogP contribution in [0.25, 0.3) is 11.1 Å². The molecule has 0 heterocycles. The third kappa shape index (κ3) is 4.93. The van der Waals surface area contributed by atoms with Crippen molar-refractivity contribution in [2.75, 3.05) is 13.2 Å². The van der Waals surface area contributed by atoms with E-state index < -0.39 is 23.5 Å². The normalized spacial score (nSPS) is 16.9. The summed E-state index contributed by atoms with van der Waals surface area (Å²) >= 11 is 0. The van der Waals surface area contributed by atoms with Crippen molar-refractivity contribution in [2.24, 2.45) is 5.92 Å². The van der Waals surface area contributed by atoms with Gasteiger partial charge in [0.15, 0.2) is 0 Å². The lowest BCUT2D eigenvalue weighted by molar-refractivity contribution is -0.141. The zero-order valence-electron chi connectivity index (χ0n) is 19.5. The van der Waals surface area contributed by atoms with E-state index in [9.17, 15) is 14.4 Å². The highest BCUT2D eigenvalue weighted by Gasteiger charge is 2.43. The van der Waals surface area contributed by atoms with E-state index in [0.717, 1.165) is 35.1 Å². The Labute approximate surface area is 199 Å². The Hall–Kier alpha value is -3.35. The molecule has 2 amide bonds. The summed E-state index contributed by atoms with van der Waals surface area (Å²) in [5.74, 6) is -1.55. The minimum absolute atomic E-state index is 0.0391. The van der Waals surface area contributed by atoms with Crippen LogP contribution >= 0.6 is 0 Å². The zero-order valence-corrected chi connectivity index (χ0v) is 19.5. The first kappa shape index (κ1) is 23.8. The summed E-state index contributed by atoms with van der Waals surface area (Å²) < 4.78 is 5.66. The van der Waals surface area contributed by atoms with Gasteiger partial charge in [-0.05, 0) is 47.9 Å². The molecule has 0 radical (unpaired) electrons. The maximum Gasteiger partial charge on any atom is 0.408 e. The highest BCUT2D eigenvalue weighted by atomic mass is 16.5. The van der Waals surface area contributed by atoms with Crippen LogP contribution in [0.15, 0.2) is 48.5 Å². The molecule has 0 aliphatic heterocycles. The lowest BCUT2D eigenvalue weighted by Gasteiger charge is -2.29. The standard InChI is InChI=1S/C27H32N2O5/c1-18(24(30)31)9-8-16-28-25(32)27(14-6-7-15-27)29-26(33)34-17-23-21-12-4-2-10-19(21)20-11-3-5-13-22(20)23/h2-5,10-13,18,23H,6-9,14-17H2,1H3,(H,28,32)(H,29,33)(H,30,31). The second-order valence-corrected chi connectivity index (χ2v) is 9.38. The molecule has 2 aromatic rings. The van der Waals surface area contributed by atoms with Gasteiger partial charge in [0.2, 0.25) is 5.91 Å². The summed E-state index contributed by atoms with van der Waals surface area (Å²) in [6.45, 7) is 2.23. The van der Waals surface area contributed by atoms with Gasteiger partial charge in [-0.2, -0.15) is 0 Å². The largest absolute Gasteiger partial charge is 0.481 e. The van der Waals surface area contributed by atoms with Gasteiger partial charge in [0.25, 0.3) is 0 Å². The Balaban J connectivity index is 1.35. The fourth-order valence-electron chi connectivity index (χ4n) is 5.12. The number of amides is 2. The third-order valence-electron chi connectivity index (χ3n) is 7.10. The second kappa shape index (κ2) is 10.3. The number of aliphatic carboxylic acids is 1. The molecule has 2 aromatic carbocycles. The van der Waals surface area contributed by atoms with Gasteiger partial charge in [-0.25, -0.2) is 4.79 Å². The number of carbonyl (C=O) groups excluding carboxylic acids is 2. The fourth-order valence-corrected chi connectivity index (χ4v) is 5.12. The van der Waals surface area contributed by atoms with Crippen LogP contribution in [-0.2, 0) is 14.3 Å². The maximum atomic E-state index is 13.0. The number of rotatable bonds is 9. The second-order valence-electron chi connectivity index (χ2n) is 9.38. The Morgan fingerprint density at radius 2 is 1.62 bits per heavy atom. The van der Waals surface area contributed by atoms with Crippen LogP contribution in [0.3, 0.4) is 0 Å². The van der Waals surface area contributed by atoms with Crippen molar-refractivity contribution in [3.8, 4) is 11.1 Å². The van der Waals surface area contributed by atoms with E-state index in [-0.39, 0.29) is 18.4 Å². The first-order chi connectivity index (χ1) is 16.4. The van der Waals surface area contributed by atoms with Gasteiger partial charge in [0.05, 0.1) is 5.92 Å². The van der Waals surface area contributed by atoms with E-state index in [0.29, 0.717) is 32.2 Å². The Bertz CT molecular complexity index is 1010. The van der Waals surface area contributed by atoms with Crippen LogP contribution in [0.1, 0.15) is 62.5 Å². The molecular formula is C27H32N2O5. The molecule has 2 aliphatic carbocycles. The van der Waals surface area contributed by atoms with Crippen molar-refractivity contribution < 1.29 is 24.2 Å². The van der Waals surface area contributed by atoms with E-state index in [2.05, 4.69) is 34.9 Å². The number of ether oxygens (including phenoxy) is 1. The van der Waals surface area contributed by atoms with Gasteiger partial charge < -0.3 is 20.5 Å². The van der Waals surface area contributed by atoms with Crippen LogP contribution in [0.4, 0.5) is 4.79 Å². The highest BCUT2D eigenvalue weighted by molar-refractivity contribution is 5.90.